The number of aromatic amines is 1. The molecule has 2 aromatic rings. The van der Waals surface area contributed by atoms with Gasteiger partial charge in [-0.05, 0) is 18.4 Å². The van der Waals surface area contributed by atoms with Crippen molar-refractivity contribution < 1.29 is 0 Å². The van der Waals surface area contributed by atoms with Crippen molar-refractivity contribution in [1.82, 2.24) is 9.97 Å². The summed E-state index contributed by atoms with van der Waals surface area (Å²) in [5.74, 6) is 0. The highest BCUT2D eigenvalue weighted by atomic mass is 32.2. The molecule has 0 bridgehead atoms. The van der Waals surface area contributed by atoms with E-state index in [0.29, 0.717) is 0 Å². The number of rotatable bonds is 1. The van der Waals surface area contributed by atoms with Crippen molar-refractivity contribution in [3.63, 3.8) is 0 Å². The molecule has 0 aliphatic rings. The fraction of sp³-hybridized carbons (Fsp3) is 0.125. The fourth-order valence-electron chi connectivity index (χ4n) is 1.10. The molecule has 1 heterocycles. The average molecular weight is 164 g/mol. The Morgan fingerprint density at radius 2 is 2.36 bits per heavy atom. The van der Waals surface area contributed by atoms with Gasteiger partial charge in [0.05, 0.1) is 11.8 Å². The van der Waals surface area contributed by atoms with Gasteiger partial charge in [0.2, 0.25) is 0 Å². The van der Waals surface area contributed by atoms with Crippen LogP contribution in [0.2, 0.25) is 0 Å². The molecule has 0 unspecified atom stereocenters. The molecular weight excluding hydrogens is 156 g/mol. The SMILES string of the molecule is CSc1cccc2[nH]cnc12. The Kier molecular flexibility index (Phi) is 1.58. The number of hydrogen-bond acceptors (Lipinski definition) is 2. The van der Waals surface area contributed by atoms with Crippen LogP contribution in [0.5, 0.6) is 0 Å². The zero-order valence-electron chi connectivity index (χ0n) is 6.16. The summed E-state index contributed by atoms with van der Waals surface area (Å²) < 4.78 is 0. The molecule has 2 nitrogen and oxygen atoms in total. The summed E-state index contributed by atoms with van der Waals surface area (Å²) in [6, 6.07) is 6.14. The van der Waals surface area contributed by atoms with E-state index in [4.69, 9.17) is 0 Å². The fourth-order valence-corrected chi connectivity index (χ4v) is 1.67. The minimum atomic E-state index is 1.07. The van der Waals surface area contributed by atoms with Crippen LogP contribution in [0.15, 0.2) is 29.4 Å². The third-order valence-corrected chi connectivity index (χ3v) is 2.40. The zero-order chi connectivity index (χ0) is 7.68. The Labute approximate surface area is 69.0 Å². The summed E-state index contributed by atoms with van der Waals surface area (Å²) in [6.45, 7) is 0. The van der Waals surface area contributed by atoms with Crippen molar-refractivity contribution in [2.24, 2.45) is 0 Å². The quantitative estimate of drug-likeness (QED) is 0.655. The van der Waals surface area contributed by atoms with Crippen molar-refractivity contribution in [1.29, 1.82) is 0 Å². The summed E-state index contributed by atoms with van der Waals surface area (Å²) >= 11 is 1.72. The third-order valence-electron chi connectivity index (χ3n) is 1.63. The number of thioether (sulfide) groups is 1. The molecular formula is C8H8N2S. The largest absolute Gasteiger partial charge is 0.345 e. The van der Waals surface area contributed by atoms with Gasteiger partial charge >= 0.3 is 0 Å². The molecule has 0 saturated heterocycles. The van der Waals surface area contributed by atoms with Gasteiger partial charge in [0.15, 0.2) is 0 Å². The van der Waals surface area contributed by atoms with Crippen molar-refractivity contribution in [3.8, 4) is 0 Å². The van der Waals surface area contributed by atoms with Crippen LogP contribution in [0.25, 0.3) is 11.0 Å². The van der Waals surface area contributed by atoms with E-state index in [1.54, 1.807) is 18.1 Å². The van der Waals surface area contributed by atoms with Gasteiger partial charge in [0.25, 0.3) is 0 Å². The Morgan fingerprint density at radius 3 is 3.18 bits per heavy atom. The summed E-state index contributed by atoms with van der Waals surface area (Å²) in [7, 11) is 0. The van der Waals surface area contributed by atoms with Crippen molar-refractivity contribution in [2.45, 2.75) is 4.90 Å². The monoisotopic (exact) mass is 164 g/mol. The van der Waals surface area contributed by atoms with Gasteiger partial charge in [-0.2, -0.15) is 0 Å². The summed E-state index contributed by atoms with van der Waals surface area (Å²) in [4.78, 5) is 8.51. The lowest BCUT2D eigenvalue weighted by atomic mass is 10.3. The minimum absolute atomic E-state index is 1.07. The highest BCUT2D eigenvalue weighted by Gasteiger charge is 1.99. The van der Waals surface area contributed by atoms with Crippen LogP contribution in [0, 0.1) is 0 Å². The molecule has 0 radical (unpaired) electrons. The summed E-state index contributed by atoms with van der Waals surface area (Å²) in [5, 5.41) is 0. The molecule has 0 spiro atoms. The number of para-hydroxylation sites is 1. The molecule has 0 saturated carbocycles. The van der Waals surface area contributed by atoms with Gasteiger partial charge in [-0.25, -0.2) is 4.98 Å². The average Bonchev–Trinajstić information content (AvgIpc) is 2.50. The smallest absolute Gasteiger partial charge is 0.102 e. The van der Waals surface area contributed by atoms with E-state index in [0.717, 1.165) is 11.0 Å². The molecule has 3 heteroatoms. The van der Waals surface area contributed by atoms with E-state index >= 15 is 0 Å². The molecule has 0 atom stereocenters. The zero-order valence-corrected chi connectivity index (χ0v) is 6.98. The molecule has 56 valence electrons. The molecule has 1 N–H and O–H groups in total. The first-order valence-corrected chi connectivity index (χ1v) is 4.60. The number of H-pyrrole nitrogens is 1. The predicted molar refractivity (Wildman–Crippen MR) is 47.9 cm³/mol. The minimum Gasteiger partial charge on any atom is -0.345 e. The van der Waals surface area contributed by atoms with E-state index < -0.39 is 0 Å². The van der Waals surface area contributed by atoms with Crippen LogP contribution in [0.3, 0.4) is 0 Å². The molecule has 11 heavy (non-hydrogen) atoms. The third kappa shape index (κ3) is 1.01. The Balaban J connectivity index is 2.79. The summed E-state index contributed by atoms with van der Waals surface area (Å²) in [5.41, 5.74) is 2.18. The second-order valence-corrected chi connectivity index (χ2v) is 3.11. The second-order valence-electron chi connectivity index (χ2n) is 2.26. The van der Waals surface area contributed by atoms with Gasteiger partial charge in [0.1, 0.15) is 5.52 Å². The van der Waals surface area contributed by atoms with Gasteiger partial charge in [-0.3, -0.25) is 0 Å². The standard InChI is InChI=1S/C8H8N2S/c1-11-7-4-2-3-6-8(7)10-5-9-6/h2-5H,1H3,(H,9,10). The van der Waals surface area contributed by atoms with Crippen molar-refractivity contribution in [2.75, 3.05) is 6.26 Å². The first-order valence-electron chi connectivity index (χ1n) is 3.38. The lowest BCUT2D eigenvalue weighted by Gasteiger charge is -1.94. The van der Waals surface area contributed by atoms with Crippen LogP contribution in [0.1, 0.15) is 0 Å². The molecule has 2 rings (SSSR count). The van der Waals surface area contributed by atoms with Crippen LogP contribution < -0.4 is 0 Å². The highest BCUT2D eigenvalue weighted by Crippen LogP contribution is 2.22. The van der Waals surface area contributed by atoms with Gasteiger partial charge in [-0.1, -0.05) is 6.07 Å². The number of nitrogens with zero attached hydrogens (tertiary/aromatic N) is 1. The van der Waals surface area contributed by atoms with Crippen LogP contribution in [-0.2, 0) is 0 Å². The number of benzene rings is 1. The number of imidazole rings is 1. The maximum Gasteiger partial charge on any atom is 0.102 e. The summed E-state index contributed by atoms with van der Waals surface area (Å²) in [6.07, 6.45) is 3.79. The van der Waals surface area contributed by atoms with Gasteiger partial charge in [-0.15, -0.1) is 11.8 Å². The number of nitrogens with one attached hydrogen (secondary N) is 1. The van der Waals surface area contributed by atoms with Crippen molar-refractivity contribution >= 4 is 22.8 Å². The molecule has 0 amide bonds. The molecule has 0 aliphatic carbocycles. The van der Waals surface area contributed by atoms with Crippen LogP contribution >= 0.6 is 11.8 Å². The van der Waals surface area contributed by atoms with Crippen LogP contribution in [-0.4, -0.2) is 16.2 Å². The molecule has 1 aromatic carbocycles. The van der Waals surface area contributed by atoms with Gasteiger partial charge < -0.3 is 4.98 Å². The highest BCUT2D eigenvalue weighted by molar-refractivity contribution is 7.98. The molecule has 1 aromatic heterocycles. The normalized spacial score (nSPS) is 10.6. The number of hydrogen-bond donors (Lipinski definition) is 1. The Morgan fingerprint density at radius 1 is 1.45 bits per heavy atom. The number of aromatic nitrogens is 2. The van der Waals surface area contributed by atoms with E-state index in [1.807, 2.05) is 12.1 Å². The molecule has 0 aliphatic heterocycles. The van der Waals surface area contributed by atoms with E-state index in [-0.39, 0.29) is 0 Å². The maximum absolute atomic E-state index is 4.21. The Hall–Kier alpha value is -0.960. The molecule has 0 fully saturated rings. The van der Waals surface area contributed by atoms with Crippen LogP contribution in [0.4, 0.5) is 0 Å². The lowest BCUT2D eigenvalue weighted by molar-refractivity contribution is 1.33. The van der Waals surface area contributed by atoms with Gasteiger partial charge in [0, 0.05) is 4.90 Å². The predicted octanol–water partition coefficient (Wildman–Crippen LogP) is 2.28. The van der Waals surface area contributed by atoms with Crippen molar-refractivity contribution in [3.05, 3.63) is 24.5 Å². The van der Waals surface area contributed by atoms with E-state index in [1.165, 1.54) is 4.90 Å². The second kappa shape index (κ2) is 2.58. The Bertz CT molecular complexity index is 367. The maximum atomic E-state index is 4.21. The number of fused-ring (bicyclic) bond motifs is 1. The lowest BCUT2D eigenvalue weighted by Crippen LogP contribution is -1.73. The topological polar surface area (TPSA) is 28.7 Å². The van der Waals surface area contributed by atoms with E-state index in [9.17, 15) is 0 Å². The first kappa shape index (κ1) is 6.73. The van der Waals surface area contributed by atoms with E-state index in [2.05, 4.69) is 22.3 Å². The first-order chi connectivity index (χ1) is 5.42.